The maximum atomic E-state index is 13.8. The Labute approximate surface area is 118 Å². The smallest absolute Gasteiger partial charge is 0.193 e. The number of benzene rings is 2. The van der Waals surface area contributed by atoms with E-state index < -0.39 is 17.1 Å². The van der Waals surface area contributed by atoms with Crippen molar-refractivity contribution < 1.29 is 18.3 Å². The average molecular weight is 288 g/mol. The van der Waals surface area contributed by atoms with E-state index in [9.17, 15) is 18.7 Å². The molecule has 0 unspecified atom stereocenters. The van der Waals surface area contributed by atoms with Crippen LogP contribution in [0.4, 0.5) is 8.78 Å². The Morgan fingerprint density at radius 1 is 1.14 bits per heavy atom. The molecule has 3 aromatic rings. The Kier molecular flexibility index (Phi) is 2.97. The van der Waals surface area contributed by atoms with E-state index in [1.54, 1.807) is 6.92 Å². The zero-order valence-electron chi connectivity index (χ0n) is 11.0. The Bertz CT molecular complexity index is 913. The fourth-order valence-corrected chi connectivity index (χ4v) is 2.17. The maximum Gasteiger partial charge on any atom is 0.193 e. The first-order chi connectivity index (χ1) is 9.99. The van der Waals surface area contributed by atoms with Crippen molar-refractivity contribution in [2.45, 2.75) is 6.92 Å². The number of aromatic hydroxyl groups is 1. The van der Waals surface area contributed by atoms with Crippen molar-refractivity contribution in [2.24, 2.45) is 0 Å². The third-order valence-electron chi connectivity index (χ3n) is 3.33. The van der Waals surface area contributed by atoms with E-state index >= 15 is 0 Å². The van der Waals surface area contributed by atoms with Gasteiger partial charge in [-0.15, -0.1) is 0 Å². The molecular weight excluding hydrogens is 278 g/mol. The van der Waals surface area contributed by atoms with Gasteiger partial charge < -0.3 is 9.52 Å². The third-order valence-corrected chi connectivity index (χ3v) is 3.33. The van der Waals surface area contributed by atoms with Crippen molar-refractivity contribution in [3.8, 4) is 17.1 Å². The fraction of sp³-hybridized carbons (Fsp3) is 0.0625. The number of aryl methyl sites for hydroxylation is 1. The summed E-state index contributed by atoms with van der Waals surface area (Å²) in [6.45, 7) is 1.58. The highest BCUT2D eigenvalue weighted by Crippen LogP contribution is 2.30. The Morgan fingerprint density at radius 3 is 2.67 bits per heavy atom. The molecule has 0 aliphatic heterocycles. The van der Waals surface area contributed by atoms with E-state index in [0.717, 1.165) is 12.1 Å². The van der Waals surface area contributed by atoms with Crippen LogP contribution < -0.4 is 5.43 Å². The van der Waals surface area contributed by atoms with Crippen LogP contribution >= 0.6 is 0 Å². The van der Waals surface area contributed by atoms with Crippen LogP contribution in [0.1, 0.15) is 5.56 Å². The minimum Gasteiger partial charge on any atom is -0.508 e. The summed E-state index contributed by atoms with van der Waals surface area (Å²) in [4.78, 5) is 12.1. The van der Waals surface area contributed by atoms with Gasteiger partial charge in [-0.3, -0.25) is 4.79 Å². The van der Waals surface area contributed by atoms with Gasteiger partial charge >= 0.3 is 0 Å². The number of rotatable bonds is 1. The summed E-state index contributed by atoms with van der Waals surface area (Å²) in [5, 5.41) is 9.94. The monoisotopic (exact) mass is 288 g/mol. The largest absolute Gasteiger partial charge is 0.508 e. The van der Waals surface area contributed by atoms with Crippen LogP contribution in [-0.2, 0) is 0 Å². The van der Waals surface area contributed by atoms with Gasteiger partial charge in [-0.2, -0.15) is 0 Å². The van der Waals surface area contributed by atoms with Crippen molar-refractivity contribution in [2.75, 3.05) is 0 Å². The van der Waals surface area contributed by atoms with Crippen LogP contribution in [0.2, 0.25) is 0 Å². The van der Waals surface area contributed by atoms with Gasteiger partial charge in [0.15, 0.2) is 17.1 Å². The van der Waals surface area contributed by atoms with Crippen LogP contribution in [0.25, 0.3) is 22.3 Å². The van der Waals surface area contributed by atoms with Crippen molar-refractivity contribution in [1.29, 1.82) is 0 Å². The predicted octanol–water partition coefficient (Wildman–Crippen LogP) is 3.75. The molecule has 3 rings (SSSR count). The highest BCUT2D eigenvalue weighted by Gasteiger charge is 2.15. The summed E-state index contributed by atoms with van der Waals surface area (Å²) in [5.74, 6) is -2.23. The first-order valence-electron chi connectivity index (χ1n) is 6.20. The minimum atomic E-state index is -1.09. The molecule has 0 fully saturated rings. The third kappa shape index (κ3) is 2.07. The maximum absolute atomic E-state index is 13.8. The molecule has 21 heavy (non-hydrogen) atoms. The van der Waals surface area contributed by atoms with Gasteiger partial charge in [-0.1, -0.05) is 6.07 Å². The molecule has 0 amide bonds. The molecule has 0 radical (unpaired) electrons. The SMILES string of the molecule is Cc1c(O)ccc2c(=O)cc(-c3cccc(F)c3F)oc12. The zero-order chi connectivity index (χ0) is 15.1. The van der Waals surface area contributed by atoms with Gasteiger partial charge in [0, 0.05) is 11.6 Å². The molecule has 0 saturated carbocycles. The Balaban J connectivity index is 2.37. The summed E-state index contributed by atoms with van der Waals surface area (Å²) in [6, 6.07) is 7.55. The van der Waals surface area contributed by atoms with E-state index in [1.807, 2.05) is 0 Å². The predicted molar refractivity (Wildman–Crippen MR) is 74.2 cm³/mol. The van der Waals surface area contributed by atoms with Gasteiger partial charge in [-0.25, -0.2) is 8.78 Å². The molecule has 5 heteroatoms. The van der Waals surface area contributed by atoms with Gasteiger partial charge in [0.2, 0.25) is 0 Å². The summed E-state index contributed by atoms with van der Waals surface area (Å²) < 4.78 is 32.6. The van der Waals surface area contributed by atoms with Gasteiger partial charge in [0.05, 0.1) is 10.9 Å². The number of phenolic OH excluding ortho intramolecular Hbond substituents is 1. The van der Waals surface area contributed by atoms with E-state index in [0.29, 0.717) is 5.56 Å². The van der Waals surface area contributed by atoms with Gasteiger partial charge in [0.25, 0.3) is 0 Å². The normalized spacial score (nSPS) is 11.0. The molecule has 0 atom stereocenters. The second-order valence-corrected chi connectivity index (χ2v) is 4.66. The molecule has 0 bridgehead atoms. The van der Waals surface area contributed by atoms with Crippen molar-refractivity contribution >= 4 is 11.0 Å². The van der Waals surface area contributed by atoms with E-state index in [-0.39, 0.29) is 28.0 Å². The molecule has 106 valence electrons. The molecule has 1 aromatic heterocycles. The lowest BCUT2D eigenvalue weighted by Crippen LogP contribution is -2.02. The number of fused-ring (bicyclic) bond motifs is 1. The molecule has 0 aliphatic rings. The molecule has 1 heterocycles. The molecule has 0 saturated heterocycles. The standard InChI is InChI=1S/C16H10F2O3/c1-8-12(19)6-5-9-13(20)7-14(21-16(8)9)10-3-2-4-11(17)15(10)18/h2-7,19H,1H3. The molecule has 0 aliphatic carbocycles. The lowest BCUT2D eigenvalue weighted by Gasteiger charge is -2.07. The molecule has 0 spiro atoms. The summed E-state index contributed by atoms with van der Waals surface area (Å²) >= 11 is 0. The lowest BCUT2D eigenvalue weighted by atomic mass is 10.1. The summed E-state index contributed by atoms with van der Waals surface area (Å²) in [5.41, 5.74) is -0.0147. The second-order valence-electron chi connectivity index (χ2n) is 4.66. The highest BCUT2D eigenvalue weighted by atomic mass is 19.2. The van der Waals surface area contributed by atoms with Crippen LogP contribution in [-0.4, -0.2) is 5.11 Å². The zero-order valence-corrected chi connectivity index (χ0v) is 11.0. The Hall–Kier alpha value is -2.69. The fourth-order valence-electron chi connectivity index (χ4n) is 2.17. The molecule has 3 nitrogen and oxygen atoms in total. The lowest BCUT2D eigenvalue weighted by molar-refractivity contribution is 0.469. The van der Waals surface area contributed by atoms with E-state index in [4.69, 9.17) is 4.42 Å². The summed E-state index contributed by atoms with van der Waals surface area (Å²) in [7, 11) is 0. The van der Waals surface area contributed by atoms with Crippen molar-refractivity contribution in [1.82, 2.24) is 0 Å². The highest BCUT2D eigenvalue weighted by molar-refractivity contribution is 5.83. The van der Waals surface area contributed by atoms with Crippen LogP contribution in [0.3, 0.4) is 0 Å². The quantitative estimate of drug-likeness (QED) is 0.742. The number of phenols is 1. The molecule has 2 aromatic carbocycles. The van der Waals surface area contributed by atoms with Gasteiger partial charge in [0.1, 0.15) is 17.1 Å². The first-order valence-corrected chi connectivity index (χ1v) is 6.20. The number of hydrogen-bond acceptors (Lipinski definition) is 3. The second kappa shape index (κ2) is 4.70. The van der Waals surface area contributed by atoms with Crippen LogP contribution in [0.5, 0.6) is 5.75 Å². The molecular formula is C16H10F2O3. The summed E-state index contributed by atoms with van der Waals surface area (Å²) in [6.07, 6.45) is 0. The van der Waals surface area contributed by atoms with Crippen molar-refractivity contribution in [3.63, 3.8) is 0 Å². The minimum absolute atomic E-state index is 0.0393. The number of halogens is 2. The molecule has 1 N–H and O–H groups in total. The topological polar surface area (TPSA) is 50.4 Å². The van der Waals surface area contributed by atoms with E-state index in [1.165, 1.54) is 24.3 Å². The van der Waals surface area contributed by atoms with Crippen LogP contribution in [0.15, 0.2) is 45.6 Å². The Morgan fingerprint density at radius 2 is 1.90 bits per heavy atom. The average Bonchev–Trinajstić information content (AvgIpc) is 2.46. The van der Waals surface area contributed by atoms with Crippen LogP contribution in [0, 0.1) is 18.6 Å². The van der Waals surface area contributed by atoms with Crippen molar-refractivity contribution in [3.05, 3.63) is 63.8 Å². The number of hydrogen-bond donors (Lipinski definition) is 1. The van der Waals surface area contributed by atoms with E-state index in [2.05, 4.69) is 0 Å². The first kappa shape index (κ1) is 13.3. The van der Waals surface area contributed by atoms with Gasteiger partial charge in [-0.05, 0) is 31.2 Å².